The summed E-state index contributed by atoms with van der Waals surface area (Å²) in [7, 11) is 0. The van der Waals surface area contributed by atoms with Crippen molar-refractivity contribution in [3.63, 3.8) is 0 Å². The smallest absolute Gasteiger partial charge is 0.244 e. The molecule has 0 N–H and O–H groups in total. The summed E-state index contributed by atoms with van der Waals surface area (Å²) in [5.74, 6) is 0.617. The molecule has 0 amide bonds. The minimum Gasteiger partial charge on any atom is -0.453 e. The zero-order valence-corrected chi connectivity index (χ0v) is 14.2. The third-order valence-corrected chi connectivity index (χ3v) is 3.68. The largest absolute Gasteiger partial charge is 0.453 e. The molecule has 0 bridgehead atoms. The van der Waals surface area contributed by atoms with Gasteiger partial charge >= 0.3 is 0 Å². The monoisotopic (exact) mass is 372 g/mol. The van der Waals surface area contributed by atoms with E-state index in [4.69, 9.17) is 15.3 Å². The fourth-order valence-corrected chi connectivity index (χ4v) is 2.61. The van der Waals surface area contributed by atoms with Crippen LogP contribution < -0.4 is 4.74 Å². The Kier molecular flexibility index (Phi) is 5.15. The third kappa shape index (κ3) is 3.41. The molecule has 0 saturated carbocycles. The van der Waals surface area contributed by atoms with Crippen molar-refractivity contribution in [1.29, 1.82) is 10.5 Å². The third-order valence-electron chi connectivity index (χ3n) is 3.14. The molecule has 0 fully saturated rings. The van der Waals surface area contributed by atoms with Crippen LogP contribution in [-0.4, -0.2) is 15.7 Å². The van der Waals surface area contributed by atoms with E-state index in [1.165, 1.54) is 17.7 Å². The molecule has 0 atom stereocenters. The Hall–Kier alpha value is -2.64. The van der Waals surface area contributed by atoms with Crippen LogP contribution in [0.15, 0.2) is 18.2 Å². The van der Waals surface area contributed by atoms with E-state index in [9.17, 15) is 4.79 Å². The van der Waals surface area contributed by atoms with Crippen molar-refractivity contribution in [2.45, 2.75) is 25.6 Å². The lowest BCUT2D eigenvalue weighted by molar-refractivity contribution is 0.0917. The molecule has 2 rings (SSSR count). The lowest BCUT2D eigenvalue weighted by Gasteiger charge is -2.08. The van der Waals surface area contributed by atoms with Crippen LogP contribution in [0.2, 0.25) is 0 Å². The van der Waals surface area contributed by atoms with Crippen LogP contribution in [0.3, 0.4) is 0 Å². The maximum absolute atomic E-state index is 11.7. The van der Waals surface area contributed by atoms with Crippen molar-refractivity contribution in [2.75, 3.05) is 0 Å². The zero-order valence-electron chi connectivity index (χ0n) is 12.6. The number of ether oxygens (including phenoxy) is 1. The van der Waals surface area contributed by atoms with Gasteiger partial charge in [0.15, 0.2) is 5.75 Å². The summed E-state index contributed by atoms with van der Waals surface area (Å²) >= 11 is 3.34. The van der Waals surface area contributed by atoms with Gasteiger partial charge < -0.3 is 4.74 Å². The van der Waals surface area contributed by atoms with Gasteiger partial charge in [0, 0.05) is 12.3 Å². The maximum Gasteiger partial charge on any atom is 0.244 e. The zero-order chi connectivity index (χ0) is 17.0. The molecule has 6 nitrogen and oxygen atoms in total. The van der Waals surface area contributed by atoms with Crippen LogP contribution in [0.1, 0.15) is 41.2 Å². The second kappa shape index (κ2) is 7.08. The normalized spacial score (nSPS) is 9.96. The van der Waals surface area contributed by atoms with Crippen LogP contribution in [0, 0.1) is 22.7 Å². The number of carbonyl (C=O) groups is 1. The fourth-order valence-electron chi connectivity index (χ4n) is 2.12. The quantitative estimate of drug-likeness (QED) is 0.765. The molecule has 2 aromatic rings. The first-order valence-electron chi connectivity index (χ1n) is 6.84. The molecule has 0 spiro atoms. The average Bonchev–Trinajstić information content (AvgIpc) is 2.92. The molecule has 0 radical (unpaired) electrons. The van der Waals surface area contributed by atoms with Gasteiger partial charge in [-0.05, 0) is 24.6 Å². The van der Waals surface area contributed by atoms with E-state index in [0.29, 0.717) is 45.8 Å². The highest BCUT2D eigenvalue weighted by Crippen LogP contribution is 2.32. The molecule has 1 aromatic heterocycles. The number of nitriles is 2. The Labute approximate surface area is 142 Å². The number of rotatable bonds is 4. The SMILES string of the molecule is CCc1nn(C(C)=O)c(CBr)c1Oc1cc(C#N)cc(C#N)c1. The number of hydrogen-bond acceptors (Lipinski definition) is 5. The standard InChI is InChI=1S/C16H13BrN4O2/c1-3-14-16(15(7-17)21(20-14)10(2)22)23-13-5-11(8-18)4-12(6-13)9-19/h4-6H,3,7H2,1-2H3. The van der Waals surface area contributed by atoms with Gasteiger partial charge in [-0.25, -0.2) is 4.68 Å². The summed E-state index contributed by atoms with van der Waals surface area (Å²) in [5, 5.41) is 22.7. The van der Waals surface area contributed by atoms with E-state index in [-0.39, 0.29) is 5.91 Å². The fraction of sp³-hybridized carbons (Fsp3) is 0.250. The highest BCUT2D eigenvalue weighted by Gasteiger charge is 2.20. The van der Waals surface area contributed by atoms with Crippen molar-refractivity contribution in [1.82, 2.24) is 9.78 Å². The second-order valence-electron chi connectivity index (χ2n) is 4.71. The van der Waals surface area contributed by atoms with Gasteiger partial charge in [-0.2, -0.15) is 15.6 Å². The Morgan fingerprint density at radius 1 is 1.30 bits per heavy atom. The van der Waals surface area contributed by atoms with Gasteiger partial charge in [0.05, 0.1) is 23.3 Å². The molecule has 0 aliphatic rings. The first-order chi connectivity index (χ1) is 11.0. The average molecular weight is 373 g/mol. The first kappa shape index (κ1) is 16.7. The number of hydrogen-bond donors (Lipinski definition) is 0. The molecule has 0 unspecified atom stereocenters. The van der Waals surface area contributed by atoms with Crippen molar-refractivity contribution in [3.8, 4) is 23.6 Å². The van der Waals surface area contributed by atoms with Gasteiger partial charge in [0.25, 0.3) is 0 Å². The second-order valence-corrected chi connectivity index (χ2v) is 5.27. The summed E-state index contributed by atoms with van der Waals surface area (Å²) in [5.41, 5.74) is 1.89. The van der Waals surface area contributed by atoms with Crippen LogP contribution in [0.5, 0.6) is 11.5 Å². The summed E-state index contributed by atoms with van der Waals surface area (Å²) in [4.78, 5) is 11.7. The summed E-state index contributed by atoms with van der Waals surface area (Å²) < 4.78 is 7.16. The highest BCUT2D eigenvalue weighted by atomic mass is 79.9. The van der Waals surface area contributed by atoms with E-state index in [2.05, 4.69) is 21.0 Å². The molecule has 0 saturated heterocycles. The van der Waals surface area contributed by atoms with E-state index >= 15 is 0 Å². The number of carbonyl (C=O) groups excluding carboxylic acids is 1. The van der Waals surface area contributed by atoms with E-state index in [0.717, 1.165) is 0 Å². The minimum atomic E-state index is -0.215. The summed E-state index contributed by atoms with van der Waals surface area (Å²) in [6.45, 7) is 3.33. The number of alkyl halides is 1. The lowest BCUT2D eigenvalue weighted by atomic mass is 10.1. The topological polar surface area (TPSA) is 91.7 Å². The van der Waals surface area contributed by atoms with Crippen molar-refractivity contribution in [3.05, 3.63) is 40.7 Å². The van der Waals surface area contributed by atoms with Crippen molar-refractivity contribution in [2.24, 2.45) is 0 Å². The van der Waals surface area contributed by atoms with Gasteiger partial charge in [0.2, 0.25) is 5.91 Å². The maximum atomic E-state index is 11.7. The minimum absolute atomic E-state index is 0.215. The number of nitrogens with zero attached hydrogens (tertiary/aromatic N) is 4. The predicted molar refractivity (Wildman–Crippen MR) is 86.5 cm³/mol. The molecular weight excluding hydrogens is 360 g/mol. The van der Waals surface area contributed by atoms with Crippen LogP contribution in [0.4, 0.5) is 0 Å². The van der Waals surface area contributed by atoms with Crippen molar-refractivity contribution < 1.29 is 9.53 Å². The molecule has 116 valence electrons. The summed E-state index contributed by atoms with van der Waals surface area (Å²) in [6.07, 6.45) is 0.582. The highest BCUT2D eigenvalue weighted by molar-refractivity contribution is 9.08. The van der Waals surface area contributed by atoms with E-state index in [1.807, 2.05) is 19.1 Å². The van der Waals surface area contributed by atoms with Gasteiger partial charge in [-0.3, -0.25) is 4.79 Å². The molecule has 1 heterocycles. The number of aromatic nitrogens is 2. The Morgan fingerprint density at radius 2 is 1.91 bits per heavy atom. The summed E-state index contributed by atoms with van der Waals surface area (Å²) in [6, 6.07) is 8.56. The molecule has 1 aromatic carbocycles. The van der Waals surface area contributed by atoms with E-state index < -0.39 is 0 Å². The number of aryl methyl sites for hydroxylation is 1. The number of halogens is 1. The Bertz CT molecular complexity index is 811. The Morgan fingerprint density at radius 3 is 2.35 bits per heavy atom. The Balaban J connectivity index is 2.54. The van der Waals surface area contributed by atoms with Gasteiger partial charge in [-0.15, -0.1) is 0 Å². The van der Waals surface area contributed by atoms with E-state index in [1.54, 1.807) is 12.1 Å². The molecule has 0 aliphatic heterocycles. The molecule has 7 heteroatoms. The lowest BCUT2D eigenvalue weighted by Crippen LogP contribution is -2.10. The van der Waals surface area contributed by atoms with Gasteiger partial charge in [0.1, 0.15) is 17.1 Å². The molecule has 0 aliphatic carbocycles. The van der Waals surface area contributed by atoms with Crippen LogP contribution in [-0.2, 0) is 11.8 Å². The van der Waals surface area contributed by atoms with Gasteiger partial charge in [-0.1, -0.05) is 22.9 Å². The first-order valence-corrected chi connectivity index (χ1v) is 7.97. The van der Waals surface area contributed by atoms with Crippen LogP contribution >= 0.6 is 15.9 Å². The predicted octanol–water partition coefficient (Wildman–Crippen LogP) is 3.54. The van der Waals surface area contributed by atoms with Crippen LogP contribution in [0.25, 0.3) is 0 Å². The molecular formula is C16H13BrN4O2. The number of benzene rings is 1. The molecule has 23 heavy (non-hydrogen) atoms. The van der Waals surface area contributed by atoms with Crippen molar-refractivity contribution >= 4 is 21.8 Å².